The summed E-state index contributed by atoms with van der Waals surface area (Å²) >= 11 is 2.61. The molecule has 1 aliphatic heterocycles. The zero-order chi connectivity index (χ0) is 20.2. The molecule has 0 bridgehead atoms. The van der Waals surface area contributed by atoms with Crippen LogP contribution in [0.1, 0.15) is 16.0 Å². The average Bonchev–Trinajstić information content (AvgIpc) is 2.91. The van der Waals surface area contributed by atoms with Crippen molar-refractivity contribution in [2.24, 2.45) is 0 Å². The van der Waals surface area contributed by atoms with Gasteiger partial charge in [-0.2, -0.15) is 13.2 Å². The summed E-state index contributed by atoms with van der Waals surface area (Å²) in [5.41, 5.74) is 0.439. The van der Waals surface area contributed by atoms with Crippen LogP contribution in [0.5, 0.6) is 5.88 Å². The van der Waals surface area contributed by atoms with Crippen molar-refractivity contribution in [3.8, 4) is 5.88 Å². The molecule has 1 aliphatic rings. The maximum absolute atomic E-state index is 12.7. The SMILES string of the molecule is [2H]C([2H])(Br)C([2H])([2H])N1CCn2c(cc3c(OCC(F)(F)F)nccc32)C1=O. The van der Waals surface area contributed by atoms with E-state index in [0.717, 1.165) is 4.90 Å². The van der Waals surface area contributed by atoms with Gasteiger partial charge in [0.25, 0.3) is 5.91 Å². The smallest absolute Gasteiger partial charge is 0.422 e. The summed E-state index contributed by atoms with van der Waals surface area (Å²) in [4.78, 5) is 17.3. The van der Waals surface area contributed by atoms with E-state index in [1.165, 1.54) is 22.9 Å². The van der Waals surface area contributed by atoms with Crippen molar-refractivity contribution >= 4 is 32.7 Å². The van der Waals surface area contributed by atoms with Crippen molar-refractivity contribution < 1.29 is 28.2 Å². The lowest BCUT2D eigenvalue weighted by Gasteiger charge is -2.28. The number of hydrogen-bond acceptors (Lipinski definition) is 3. The van der Waals surface area contributed by atoms with Gasteiger partial charge in [-0.1, -0.05) is 15.9 Å². The standard InChI is InChI=1S/C14H13BrF3N3O2/c15-2-4-20-5-6-21-10-1-3-19-12(23-8-14(16,17)18)9(10)7-11(21)13(20)22/h1,3,7H,2,4-6,8H2/i2D2,4D2. The summed E-state index contributed by atoms with van der Waals surface area (Å²) in [6.07, 6.45) is -3.29. The van der Waals surface area contributed by atoms with Gasteiger partial charge in [0.15, 0.2) is 6.61 Å². The van der Waals surface area contributed by atoms with Crippen LogP contribution in [0.2, 0.25) is 0 Å². The van der Waals surface area contributed by atoms with E-state index in [9.17, 15) is 18.0 Å². The highest BCUT2D eigenvalue weighted by atomic mass is 79.9. The minimum absolute atomic E-state index is 0.0155. The van der Waals surface area contributed by atoms with Crippen LogP contribution in [-0.4, -0.2) is 51.5 Å². The molecule has 2 aromatic rings. The lowest BCUT2D eigenvalue weighted by Crippen LogP contribution is -2.40. The van der Waals surface area contributed by atoms with E-state index < -0.39 is 30.5 Å². The average molecular weight is 396 g/mol. The predicted molar refractivity (Wildman–Crippen MR) is 81.0 cm³/mol. The molecule has 0 saturated carbocycles. The molecule has 0 fully saturated rings. The molecule has 124 valence electrons. The minimum atomic E-state index is -4.55. The first-order chi connectivity index (χ1) is 12.3. The molecule has 0 radical (unpaired) electrons. The molecule has 0 unspecified atom stereocenters. The molecule has 0 N–H and O–H groups in total. The van der Waals surface area contributed by atoms with Gasteiger partial charge in [-0.25, -0.2) is 4.98 Å². The summed E-state index contributed by atoms with van der Waals surface area (Å²) in [6.45, 7) is -4.16. The van der Waals surface area contributed by atoms with Crippen LogP contribution in [-0.2, 0) is 6.54 Å². The predicted octanol–water partition coefficient (Wildman–Crippen LogP) is 2.83. The molecule has 0 aromatic carbocycles. The molecule has 0 aliphatic carbocycles. The molecule has 0 spiro atoms. The van der Waals surface area contributed by atoms with Gasteiger partial charge in [0.1, 0.15) is 5.69 Å². The van der Waals surface area contributed by atoms with E-state index in [1.807, 2.05) is 0 Å². The number of ether oxygens (including phenoxy) is 1. The van der Waals surface area contributed by atoms with Gasteiger partial charge < -0.3 is 14.2 Å². The summed E-state index contributed by atoms with van der Waals surface area (Å²) < 4.78 is 74.5. The highest BCUT2D eigenvalue weighted by Crippen LogP contribution is 2.30. The number of rotatable bonds is 4. The van der Waals surface area contributed by atoms with Crippen LogP contribution in [0.25, 0.3) is 10.9 Å². The molecule has 2 aromatic heterocycles. The quantitative estimate of drug-likeness (QED) is 0.747. The first kappa shape index (κ1) is 11.7. The van der Waals surface area contributed by atoms with Gasteiger partial charge in [0, 0.05) is 33.8 Å². The van der Waals surface area contributed by atoms with E-state index in [-0.39, 0.29) is 30.0 Å². The molecule has 3 rings (SSSR count). The van der Waals surface area contributed by atoms with Crippen LogP contribution >= 0.6 is 15.9 Å². The second-order valence-corrected chi connectivity index (χ2v) is 5.19. The number of aromatic nitrogens is 2. The largest absolute Gasteiger partial charge is 0.468 e. The summed E-state index contributed by atoms with van der Waals surface area (Å²) in [7, 11) is 0. The Bertz CT molecular complexity index is 898. The van der Waals surface area contributed by atoms with E-state index in [2.05, 4.69) is 20.9 Å². The van der Waals surface area contributed by atoms with Crippen LogP contribution in [0.15, 0.2) is 18.3 Å². The Labute approximate surface area is 143 Å². The zero-order valence-corrected chi connectivity index (χ0v) is 13.1. The van der Waals surface area contributed by atoms with E-state index >= 15 is 0 Å². The van der Waals surface area contributed by atoms with E-state index in [4.69, 9.17) is 10.2 Å². The lowest BCUT2D eigenvalue weighted by atomic mass is 10.2. The summed E-state index contributed by atoms with van der Waals surface area (Å²) in [5.74, 6) is -1.07. The Hall–Kier alpha value is -1.77. The van der Waals surface area contributed by atoms with Gasteiger partial charge in [0.2, 0.25) is 5.88 Å². The van der Waals surface area contributed by atoms with Crippen molar-refractivity contribution in [1.29, 1.82) is 0 Å². The van der Waals surface area contributed by atoms with Crippen molar-refractivity contribution in [2.75, 3.05) is 24.9 Å². The highest BCUT2D eigenvalue weighted by molar-refractivity contribution is 9.09. The summed E-state index contributed by atoms with van der Waals surface area (Å²) in [5, 5.41) is -2.30. The monoisotopic (exact) mass is 395 g/mol. The molecule has 23 heavy (non-hydrogen) atoms. The number of carbonyl (C=O) groups is 1. The maximum atomic E-state index is 12.7. The first-order valence-corrected chi connectivity index (χ1v) is 7.31. The number of hydrogen-bond donors (Lipinski definition) is 0. The normalized spacial score (nSPS) is 19.0. The zero-order valence-electron chi connectivity index (χ0n) is 15.5. The van der Waals surface area contributed by atoms with Crippen molar-refractivity contribution in [1.82, 2.24) is 14.5 Å². The van der Waals surface area contributed by atoms with Gasteiger partial charge in [-0.05, 0) is 12.1 Å². The number of amides is 1. The third-order valence-corrected chi connectivity index (χ3v) is 3.53. The lowest BCUT2D eigenvalue weighted by molar-refractivity contribution is -0.153. The number of fused-ring (bicyclic) bond motifs is 3. The maximum Gasteiger partial charge on any atom is 0.422 e. The van der Waals surface area contributed by atoms with Crippen molar-refractivity contribution in [3.63, 3.8) is 0 Å². The molecule has 5 nitrogen and oxygen atoms in total. The number of carbonyl (C=O) groups excluding carboxylic acids is 1. The van der Waals surface area contributed by atoms with Crippen LogP contribution in [0, 0.1) is 0 Å². The fourth-order valence-corrected chi connectivity index (χ4v) is 2.65. The molecule has 0 atom stereocenters. The van der Waals surface area contributed by atoms with Gasteiger partial charge in [0.05, 0.1) is 13.6 Å². The number of nitrogens with zero attached hydrogens (tertiary/aromatic N) is 3. The van der Waals surface area contributed by atoms with Crippen LogP contribution < -0.4 is 4.74 Å². The first-order valence-electron chi connectivity index (χ1n) is 8.51. The number of alkyl halides is 4. The van der Waals surface area contributed by atoms with Crippen LogP contribution in [0.4, 0.5) is 13.2 Å². The fraction of sp³-hybridized carbons (Fsp3) is 0.429. The molecule has 9 heteroatoms. The third-order valence-electron chi connectivity index (χ3n) is 3.35. The number of halogens is 4. The van der Waals surface area contributed by atoms with Crippen LogP contribution in [0.3, 0.4) is 0 Å². The molecular formula is C14H13BrF3N3O2. The Morgan fingerprint density at radius 2 is 2.22 bits per heavy atom. The minimum Gasteiger partial charge on any atom is -0.468 e. The van der Waals surface area contributed by atoms with Gasteiger partial charge in [-0.15, -0.1) is 0 Å². The third kappa shape index (κ3) is 3.15. The highest BCUT2D eigenvalue weighted by Gasteiger charge is 2.30. The van der Waals surface area contributed by atoms with Gasteiger partial charge in [-0.3, -0.25) is 4.79 Å². The van der Waals surface area contributed by atoms with E-state index in [0.29, 0.717) is 5.52 Å². The van der Waals surface area contributed by atoms with Gasteiger partial charge >= 0.3 is 6.18 Å². The second-order valence-electron chi connectivity index (χ2n) is 4.80. The van der Waals surface area contributed by atoms with E-state index in [1.54, 1.807) is 0 Å². The summed E-state index contributed by atoms with van der Waals surface area (Å²) in [6, 6.07) is 2.79. The van der Waals surface area contributed by atoms with Crippen molar-refractivity contribution in [3.05, 3.63) is 24.0 Å². The Morgan fingerprint density at radius 1 is 1.43 bits per heavy atom. The molecular weight excluding hydrogens is 379 g/mol. The fourth-order valence-electron chi connectivity index (χ4n) is 2.44. The Balaban J connectivity index is 2.01. The Kier molecular flexibility index (Phi) is 3.07. The molecule has 0 saturated heterocycles. The topological polar surface area (TPSA) is 47.4 Å². The van der Waals surface area contributed by atoms with Crippen molar-refractivity contribution in [2.45, 2.75) is 12.7 Å². The molecule has 3 heterocycles. The number of pyridine rings is 1. The molecule has 1 amide bonds. The Morgan fingerprint density at radius 3 is 2.91 bits per heavy atom. The second kappa shape index (κ2) is 6.03.